The molecule has 0 aromatic carbocycles. The van der Waals surface area contributed by atoms with Crippen molar-refractivity contribution in [1.82, 2.24) is 0 Å². The Morgan fingerprint density at radius 1 is 1.55 bits per heavy atom. The van der Waals surface area contributed by atoms with E-state index in [1.165, 1.54) is 0 Å². The molecule has 1 N–H and O–H groups in total. The Balaban J connectivity index is 2.84. The van der Waals surface area contributed by atoms with Crippen LogP contribution >= 0.6 is 15.9 Å². The van der Waals surface area contributed by atoms with Crippen LogP contribution < -0.4 is 0 Å². The summed E-state index contributed by atoms with van der Waals surface area (Å²) in [6.45, 7) is 4.15. The number of rotatable bonds is 1. The number of carboxylic acids is 1. The quantitative estimate of drug-likeness (QED) is 0.735. The highest BCUT2D eigenvalue weighted by Gasteiger charge is 2.32. The lowest BCUT2D eigenvalue weighted by Crippen LogP contribution is -2.07. The van der Waals surface area contributed by atoms with E-state index < -0.39 is 5.97 Å². The highest BCUT2D eigenvalue weighted by molar-refractivity contribution is 9.11. The molecule has 0 bridgehead atoms. The van der Waals surface area contributed by atoms with E-state index in [0.717, 1.165) is 10.9 Å². The number of aliphatic carboxylic acids is 1. The second-order valence-electron chi connectivity index (χ2n) is 3.71. The standard InChI is InChI=1S/C8H11BrO2/c1-8(2)3-5(7(10)11)6(9)4-8/h3-4H2,1-2H3,(H,10,11). The summed E-state index contributed by atoms with van der Waals surface area (Å²) >= 11 is 3.28. The highest BCUT2D eigenvalue weighted by Crippen LogP contribution is 2.43. The van der Waals surface area contributed by atoms with Crippen LogP contribution in [0.4, 0.5) is 0 Å². The van der Waals surface area contributed by atoms with Crippen LogP contribution in [0.5, 0.6) is 0 Å². The summed E-state index contributed by atoms with van der Waals surface area (Å²) in [5.41, 5.74) is 0.655. The fraction of sp³-hybridized carbons (Fsp3) is 0.625. The van der Waals surface area contributed by atoms with Crippen LogP contribution in [0.15, 0.2) is 10.1 Å². The summed E-state index contributed by atoms with van der Waals surface area (Å²) in [7, 11) is 0. The molecule has 62 valence electrons. The van der Waals surface area contributed by atoms with Crippen LogP contribution in [-0.4, -0.2) is 11.1 Å². The van der Waals surface area contributed by atoms with E-state index >= 15 is 0 Å². The minimum absolute atomic E-state index is 0.118. The predicted molar refractivity (Wildman–Crippen MR) is 46.6 cm³/mol. The fourth-order valence-corrected chi connectivity index (χ4v) is 2.42. The average Bonchev–Trinajstić information content (AvgIpc) is 2.05. The van der Waals surface area contributed by atoms with E-state index in [4.69, 9.17) is 5.11 Å². The second-order valence-corrected chi connectivity index (χ2v) is 4.66. The lowest BCUT2D eigenvalue weighted by atomic mass is 9.90. The van der Waals surface area contributed by atoms with Gasteiger partial charge in [0.25, 0.3) is 0 Å². The molecular weight excluding hydrogens is 208 g/mol. The Labute approximate surface area is 74.4 Å². The molecule has 0 atom stereocenters. The maximum Gasteiger partial charge on any atom is 0.332 e. The first-order valence-electron chi connectivity index (χ1n) is 3.53. The predicted octanol–water partition coefficient (Wildman–Crippen LogP) is 2.54. The largest absolute Gasteiger partial charge is 0.478 e. The molecule has 0 amide bonds. The zero-order valence-electron chi connectivity index (χ0n) is 6.65. The van der Waals surface area contributed by atoms with E-state index in [1.54, 1.807) is 0 Å². The van der Waals surface area contributed by atoms with E-state index in [9.17, 15) is 4.79 Å². The first-order chi connectivity index (χ1) is 4.92. The Kier molecular flexibility index (Phi) is 2.10. The normalized spacial score (nSPS) is 22.5. The molecule has 0 aromatic rings. The number of carbonyl (C=O) groups is 1. The number of carboxylic acid groups (broad SMARTS) is 1. The van der Waals surface area contributed by atoms with Crippen molar-refractivity contribution in [2.45, 2.75) is 26.7 Å². The summed E-state index contributed by atoms with van der Waals surface area (Å²) in [5, 5.41) is 8.73. The first kappa shape index (κ1) is 8.78. The van der Waals surface area contributed by atoms with Gasteiger partial charge in [-0.15, -0.1) is 0 Å². The minimum atomic E-state index is -0.789. The van der Waals surface area contributed by atoms with Crippen molar-refractivity contribution in [2.75, 3.05) is 0 Å². The third kappa shape index (κ3) is 1.83. The number of halogens is 1. The molecule has 1 aliphatic carbocycles. The van der Waals surface area contributed by atoms with Gasteiger partial charge in [0.05, 0.1) is 0 Å². The minimum Gasteiger partial charge on any atom is -0.478 e. The molecular formula is C8H11BrO2. The summed E-state index contributed by atoms with van der Waals surface area (Å²) < 4.78 is 0.856. The molecule has 11 heavy (non-hydrogen) atoms. The van der Waals surface area contributed by atoms with Gasteiger partial charge in [0.1, 0.15) is 0 Å². The van der Waals surface area contributed by atoms with Crippen molar-refractivity contribution in [1.29, 1.82) is 0 Å². The van der Waals surface area contributed by atoms with Crippen molar-refractivity contribution in [3.05, 3.63) is 10.1 Å². The van der Waals surface area contributed by atoms with Crippen molar-refractivity contribution in [3.8, 4) is 0 Å². The Morgan fingerprint density at radius 2 is 2.09 bits per heavy atom. The first-order valence-corrected chi connectivity index (χ1v) is 4.32. The van der Waals surface area contributed by atoms with Gasteiger partial charge in [0, 0.05) is 10.1 Å². The van der Waals surface area contributed by atoms with Crippen LogP contribution in [-0.2, 0) is 4.79 Å². The fourth-order valence-electron chi connectivity index (χ4n) is 1.36. The molecule has 3 heteroatoms. The van der Waals surface area contributed by atoms with Gasteiger partial charge in [0.2, 0.25) is 0 Å². The SMILES string of the molecule is CC1(C)CC(Br)=C(C(=O)O)C1. The monoisotopic (exact) mass is 218 g/mol. The van der Waals surface area contributed by atoms with Gasteiger partial charge >= 0.3 is 5.97 Å². The van der Waals surface area contributed by atoms with Gasteiger partial charge in [-0.05, 0) is 18.3 Å². The number of allylic oxidation sites excluding steroid dienone is 1. The Morgan fingerprint density at radius 3 is 2.27 bits per heavy atom. The van der Waals surface area contributed by atoms with Gasteiger partial charge in [-0.1, -0.05) is 29.8 Å². The summed E-state index contributed by atoms with van der Waals surface area (Å²) in [5.74, 6) is -0.789. The van der Waals surface area contributed by atoms with E-state index in [2.05, 4.69) is 29.8 Å². The smallest absolute Gasteiger partial charge is 0.332 e. The average molecular weight is 219 g/mol. The third-order valence-electron chi connectivity index (χ3n) is 1.87. The maximum atomic E-state index is 10.6. The molecule has 0 aromatic heterocycles. The molecule has 0 fully saturated rings. The molecule has 0 saturated carbocycles. The Hall–Kier alpha value is -0.310. The van der Waals surface area contributed by atoms with Crippen molar-refractivity contribution in [2.24, 2.45) is 5.41 Å². The molecule has 0 unspecified atom stereocenters. The molecule has 2 nitrogen and oxygen atoms in total. The molecule has 0 aliphatic heterocycles. The van der Waals surface area contributed by atoms with Crippen molar-refractivity contribution < 1.29 is 9.90 Å². The lowest BCUT2D eigenvalue weighted by molar-refractivity contribution is -0.132. The molecule has 0 radical (unpaired) electrons. The lowest BCUT2D eigenvalue weighted by Gasteiger charge is -2.15. The number of hydrogen-bond donors (Lipinski definition) is 1. The second kappa shape index (κ2) is 2.63. The molecule has 0 spiro atoms. The zero-order chi connectivity index (χ0) is 8.65. The maximum absolute atomic E-state index is 10.6. The number of hydrogen-bond acceptors (Lipinski definition) is 1. The van der Waals surface area contributed by atoms with E-state index in [1.807, 2.05) is 0 Å². The zero-order valence-corrected chi connectivity index (χ0v) is 8.23. The van der Waals surface area contributed by atoms with Crippen LogP contribution in [0.2, 0.25) is 0 Å². The van der Waals surface area contributed by atoms with Gasteiger partial charge in [0.15, 0.2) is 0 Å². The van der Waals surface area contributed by atoms with Gasteiger partial charge < -0.3 is 5.11 Å². The summed E-state index contributed by atoms with van der Waals surface area (Å²) in [6.07, 6.45) is 1.51. The third-order valence-corrected chi connectivity index (χ3v) is 2.63. The van der Waals surface area contributed by atoms with Crippen LogP contribution in [0, 0.1) is 5.41 Å². The summed E-state index contributed by atoms with van der Waals surface area (Å²) in [6, 6.07) is 0. The topological polar surface area (TPSA) is 37.3 Å². The van der Waals surface area contributed by atoms with Crippen LogP contribution in [0.1, 0.15) is 26.7 Å². The van der Waals surface area contributed by atoms with Gasteiger partial charge in [-0.3, -0.25) is 0 Å². The Bertz CT molecular complexity index is 228. The van der Waals surface area contributed by atoms with Crippen molar-refractivity contribution in [3.63, 3.8) is 0 Å². The van der Waals surface area contributed by atoms with Gasteiger partial charge in [-0.25, -0.2) is 4.79 Å². The molecule has 1 aliphatic rings. The van der Waals surface area contributed by atoms with Crippen molar-refractivity contribution >= 4 is 21.9 Å². The van der Waals surface area contributed by atoms with Gasteiger partial charge in [-0.2, -0.15) is 0 Å². The van der Waals surface area contributed by atoms with Crippen LogP contribution in [0.3, 0.4) is 0 Å². The molecule has 0 saturated heterocycles. The van der Waals surface area contributed by atoms with E-state index in [-0.39, 0.29) is 5.41 Å². The van der Waals surface area contributed by atoms with E-state index in [0.29, 0.717) is 12.0 Å². The summed E-state index contributed by atoms with van der Waals surface area (Å²) in [4.78, 5) is 10.6. The molecule has 1 rings (SSSR count). The highest BCUT2D eigenvalue weighted by atomic mass is 79.9. The molecule has 0 heterocycles. The van der Waals surface area contributed by atoms with Crippen LogP contribution in [0.25, 0.3) is 0 Å².